The van der Waals surface area contributed by atoms with Gasteiger partial charge >= 0.3 is 5.97 Å². The molecular formula is C12H22N4O2. The molecule has 0 saturated carbocycles. The summed E-state index contributed by atoms with van der Waals surface area (Å²) in [5.74, 6) is 0.324. The molecule has 1 aromatic rings. The maximum Gasteiger partial charge on any atom is 0.305 e. The Hall–Kier alpha value is -1.46. The van der Waals surface area contributed by atoms with Crippen molar-refractivity contribution < 1.29 is 9.90 Å². The molecule has 0 amide bonds. The Morgan fingerprint density at radius 3 is 2.44 bits per heavy atom. The van der Waals surface area contributed by atoms with Crippen LogP contribution in [0.15, 0.2) is 0 Å². The van der Waals surface area contributed by atoms with Crippen LogP contribution in [-0.4, -0.2) is 31.3 Å². The van der Waals surface area contributed by atoms with Crippen molar-refractivity contribution in [2.45, 2.75) is 64.8 Å². The van der Waals surface area contributed by atoms with E-state index in [-0.39, 0.29) is 12.5 Å². The Bertz CT molecular complexity index is 372. The molecule has 102 valence electrons. The van der Waals surface area contributed by atoms with Crippen molar-refractivity contribution in [2.75, 3.05) is 0 Å². The number of aliphatic carboxylic acids is 1. The van der Waals surface area contributed by atoms with Gasteiger partial charge in [0.2, 0.25) is 0 Å². The van der Waals surface area contributed by atoms with Crippen LogP contribution in [-0.2, 0) is 4.79 Å². The molecule has 0 radical (unpaired) electrons. The number of carboxylic acid groups (broad SMARTS) is 1. The Labute approximate surface area is 107 Å². The van der Waals surface area contributed by atoms with Crippen molar-refractivity contribution >= 4 is 5.97 Å². The normalized spacial score (nSPS) is 12.9. The Morgan fingerprint density at radius 2 is 1.94 bits per heavy atom. The number of hydrogen-bond acceptors (Lipinski definition) is 4. The molecule has 6 heteroatoms. The number of hydrogen-bond donors (Lipinski definition) is 1. The van der Waals surface area contributed by atoms with Crippen LogP contribution < -0.4 is 0 Å². The predicted molar refractivity (Wildman–Crippen MR) is 67.3 cm³/mol. The van der Waals surface area contributed by atoms with Crippen LogP contribution in [0, 0.1) is 0 Å². The molecule has 1 atom stereocenters. The number of nitrogens with zero attached hydrogens (tertiary/aromatic N) is 4. The first-order chi connectivity index (χ1) is 8.60. The SMILES string of the molecule is CCCC(CCC)c1nnnn1C(C)CC(=O)O. The molecule has 0 aliphatic heterocycles. The molecule has 1 N–H and O–H groups in total. The second-order valence-corrected chi connectivity index (χ2v) is 4.70. The summed E-state index contributed by atoms with van der Waals surface area (Å²) in [5, 5.41) is 20.6. The van der Waals surface area contributed by atoms with Crippen molar-refractivity contribution in [1.29, 1.82) is 0 Å². The molecular weight excluding hydrogens is 232 g/mol. The summed E-state index contributed by atoms with van der Waals surface area (Å²) in [5.41, 5.74) is 0. The lowest BCUT2D eigenvalue weighted by Gasteiger charge is -2.17. The van der Waals surface area contributed by atoms with E-state index in [0.29, 0.717) is 5.92 Å². The van der Waals surface area contributed by atoms with Crippen LogP contribution in [0.25, 0.3) is 0 Å². The molecule has 1 rings (SSSR count). The van der Waals surface area contributed by atoms with Gasteiger partial charge in [0.15, 0.2) is 5.82 Å². The topological polar surface area (TPSA) is 80.9 Å². The van der Waals surface area contributed by atoms with E-state index < -0.39 is 5.97 Å². The molecule has 0 aromatic carbocycles. The maximum absolute atomic E-state index is 10.8. The second kappa shape index (κ2) is 7.08. The average molecular weight is 254 g/mol. The quantitative estimate of drug-likeness (QED) is 0.770. The molecule has 1 aromatic heterocycles. The first kappa shape index (κ1) is 14.6. The van der Waals surface area contributed by atoms with Gasteiger partial charge in [-0.3, -0.25) is 4.79 Å². The minimum atomic E-state index is -0.827. The van der Waals surface area contributed by atoms with Gasteiger partial charge in [0.05, 0.1) is 12.5 Å². The highest BCUT2D eigenvalue weighted by Gasteiger charge is 2.21. The smallest absolute Gasteiger partial charge is 0.305 e. The van der Waals surface area contributed by atoms with Gasteiger partial charge in [-0.2, -0.15) is 0 Å². The van der Waals surface area contributed by atoms with Gasteiger partial charge in [-0.05, 0) is 30.2 Å². The fraction of sp³-hybridized carbons (Fsp3) is 0.833. The zero-order chi connectivity index (χ0) is 13.5. The van der Waals surface area contributed by atoms with Crippen molar-refractivity contribution in [3.8, 4) is 0 Å². The summed E-state index contributed by atoms with van der Waals surface area (Å²) >= 11 is 0. The highest BCUT2D eigenvalue weighted by atomic mass is 16.4. The molecule has 1 heterocycles. The lowest BCUT2D eigenvalue weighted by atomic mass is 9.97. The van der Waals surface area contributed by atoms with E-state index in [0.717, 1.165) is 31.5 Å². The number of carbonyl (C=O) groups is 1. The van der Waals surface area contributed by atoms with Gasteiger partial charge < -0.3 is 5.11 Å². The lowest BCUT2D eigenvalue weighted by molar-refractivity contribution is -0.137. The Balaban J connectivity index is 2.87. The zero-order valence-electron chi connectivity index (χ0n) is 11.3. The molecule has 6 nitrogen and oxygen atoms in total. The zero-order valence-corrected chi connectivity index (χ0v) is 11.3. The van der Waals surface area contributed by atoms with Crippen LogP contribution in [0.1, 0.15) is 70.7 Å². The van der Waals surface area contributed by atoms with Crippen LogP contribution in [0.3, 0.4) is 0 Å². The molecule has 0 fully saturated rings. The molecule has 0 aliphatic rings. The van der Waals surface area contributed by atoms with Crippen LogP contribution in [0.5, 0.6) is 0 Å². The van der Waals surface area contributed by atoms with E-state index in [1.807, 2.05) is 6.92 Å². The summed E-state index contributed by atoms with van der Waals surface area (Å²) in [7, 11) is 0. The number of tetrazole rings is 1. The van der Waals surface area contributed by atoms with Crippen molar-refractivity contribution in [1.82, 2.24) is 20.2 Å². The van der Waals surface area contributed by atoms with Gasteiger partial charge in [-0.15, -0.1) is 5.10 Å². The van der Waals surface area contributed by atoms with Crippen LogP contribution in [0.4, 0.5) is 0 Å². The minimum absolute atomic E-state index is 0.0447. The average Bonchev–Trinajstić information content (AvgIpc) is 2.76. The van der Waals surface area contributed by atoms with E-state index in [9.17, 15) is 4.79 Å². The molecule has 0 saturated heterocycles. The molecule has 0 aliphatic carbocycles. The molecule has 0 spiro atoms. The first-order valence-electron chi connectivity index (χ1n) is 6.59. The summed E-state index contributed by atoms with van der Waals surface area (Å²) in [6, 6.07) is -0.205. The third-order valence-electron chi connectivity index (χ3n) is 3.05. The van der Waals surface area contributed by atoms with E-state index in [4.69, 9.17) is 5.11 Å². The molecule has 0 bridgehead atoms. The van der Waals surface area contributed by atoms with Crippen molar-refractivity contribution in [3.63, 3.8) is 0 Å². The lowest BCUT2D eigenvalue weighted by Crippen LogP contribution is -2.17. The minimum Gasteiger partial charge on any atom is -0.481 e. The predicted octanol–water partition coefficient (Wildman–Crippen LogP) is 2.39. The van der Waals surface area contributed by atoms with E-state index in [1.165, 1.54) is 0 Å². The van der Waals surface area contributed by atoms with E-state index in [2.05, 4.69) is 29.4 Å². The van der Waals surface area contributed by atoms with Gasteiger partial charge in [-0.1, -0.05) is 26.7 Å². The second-order valence-electron chi connectivity index (χ2n) is 4.70. The van der Waals surface area contributed by atoms with Gasteiger partial charge in [0, 0.05) is 5.92 Å². The summed E-state index contributed by atoms with van der Waals surface area (Å²) in [4.78, 5) is 10.8. The third-order valence-corrected chi connectivity index (χ3v) is 3.05. The first-order valence-corrected chi connectivity index (χ1v) is 6.59. The highest BCUT2D eigenvalue weighted by Crippen LogP contribution is 2.26. The van der Waals surface area contributed by atoms with Crippen LogP contribution in [0.2, 0.25) is 0 Å². The maximum atomic E-state index is 10.8. The highest BCUT2D eigenvalue weighted by molar-refractivity contribution is 5.67. The fourth-order valence-electron chi connectivity index (χ4n) is 2.22. The number of carboxylic acids is 1. The number of aromatic nitrogens is 4. The van der Waals surface area contributed by atoms with Crippen molar-refractivity contribution in [2.24, 2.45) is 0 Å². The summed E-state index contributed by atoms with van der Waals surface area (Å²) in [6.45, 7) is 6.11. The Kier molecular flexibility index (Phi) is 5.74. The van der Waals surface area contributed by atoms with Crippen LogP contribution >= 0.6 is 0 Å². The summed E-state index contributed by atoms with van der Waals surface area (Å²) < 4.78 is 1.67. The largest absolute Gasteiger partial charge is 0.481 e. The molecule has 18 heavy (non-hydrogen) atoms. The number of rotatable bonds is 8. The van der Waals surface area contributed by atoms with E-state index in [1.54, 1.807) is 4.68 Å². The van der Waals surface area contributed by atoms with Gasteiger partial charge in [0.25, 0.3) is 0 Å². The van der Waals surface area contributed by atoms with E-state index >= 15 is 0 Å². The van der Waals surface area contributed by atoms with Gasteiger partial charge in [-0.25, -0.2) is 4.68 Å². The molecule has 1 unspecified atom stereocenters. The standard InChI is InChI=1S/C12H22N4O2/c1-4-6-10(7-5-2)12-13-14-15-16(12)9(3)8-11(17)18/h9-10H,4-8H2,1-3H3,(H,17,18). The van der Waals surface area contributed by atoms with Crippen molar-refractivity contribution in [3.05, 3.63) is 5.82 Å². The fourth-order valence-corrected chi connectivity index (χ4v) is 2.22. The Morgan fingerprint density at radius 1 is 1.33 bits per heavy atom. The third kappa shape index (κ3) is 3.78. The monoisotopic (exact) mass is 254 g/mol. The summed E-state index contributed by atoms with van der Waals surface area (Å²) in [6.07, 6.45) is 4.26. The van der Waals surface area contributed by atoms with Gasteiger partial charge in [0.1, 0.15) is 0 Å².